The SMILES string of the molecule is FC(F)(F)c1cnc(OCC2CC3(CC3)CO2)nc1. The smallest absolute Gasteiger partial charge is 0.419 e. The van der Waals surface area contributed by atoms with Crippen LogP contribution in [0, 0.1) is 5.41 Å². The number of nitrogens with zero attached hydrogens (tertiary/aromatic N) is 2. The Balaban J connectivity index is 1.53. The molecule has 1 spiro atoms. The van der Waals surface area contributed by atoms with Crippen molar-refractivity contribution in [1.82, 2.24) is 9.97 Å². The molecule has 0 aromatic carbocycles. The van der Waals surface area contributed by atoms with E-state index in [9.17, 15) is 13.2 Å². The summed E-state index contributed by atoms with van der Waals surface area (Å²) in [6.45, 7) is 1.04. The molecule has 1 saturated heterocycles. The molecule has 1 aliphatic heterocycles. The van der Waals surface area contributed by atoms with E-state index in [1.807, 2.05) is 0 Å². The Bertz CT molecular complexity index is 457. The Labute approximate surface area is 108 Å². The van der Waals surface area contributed by atoms with Crippen LogP contribution >= 0.6 is 0 Å². The van der Waals surface area contributed by atoms with E-state index in [0.717, 1.165) is 25.4 Å². The predicted molar refractivity (Wildman–Crippen MR) is 58.6 cm³/mol. The molecule has 0 amide bonds. The molecule has 1 aliphatic carbocycles. The van der Waals surface area contributed by atoms with Crippen LogP contribution in [-0.2, 0) is 10.9 Å². The van der Waals surface area contributed by atoms with Crippen molar-refractivity contribution in [3.05, 3.63) is 18.0 Å². The highest BCUT2D eigenvalue weighted by molar-refractivity contribution is 5.11. The van der Waals surface area contributed by atoms with Crippen molar-refractivity contribution < 1.29 is 22.6 Å². The van der Waals surface area contributed by atoms with E-state index < -0.39 is 11.7 Å². The summed E-state index contributed by atoms with van der Waals surface area (Å²) >= 11 is 0. The van der Waals surface area contributed by atoms with Crippen LogP contribution in [-0.4, -0.2) is 29.3 Å². The lowest BCUT2D eigenvalue weighted by molar-refractivity contribution is -0.138. The normalized spacial score (nSPS) is 24.7. The molecule has 7 heteroatoms. The fraction of sp³-hybridized carbons (Fsp3) is 0.667. The van der Waals surface area contributed by atoms with E-state index in [2.05, 4.69) is 9.97 Å². The highest BCUT2D eigenvalue weighted by Crippen LogP contribution is 2.53. The van der Waals surface area contributed by atoms with Gasteiger partial charge in [0.2, 0.25) is 0 Å². The zero-order valence-electron chi connectivity index (χ0n) is 10.1. The minimum atomic E-state index is -4.43. The van der Waals surface area contributed by atoms with Crippen LogP contribution in [0.5, 0.6) is 6.01 Å². The van der Waals surface area contributed by atoms with Crippen LogP contribution < -0.4 is 4.74 Å². The number of alkyl halides is 3. The summed E-state index contributed by atoms with van der Waals surface area (Å²) in [5.74, 6) is 0. The van der Waals surface area contributed by atoms with Gasteiger partial charge >= 0.3 is 12.2 Å². The van der Waals surface area contributed by atoms with E-state index in [-0.39, 0.29) is 18.7 Å². The lowest BCUT2D eigenvalue weighted by Crippen LogP contribution is -2.18. The van der Waals surface area contributed by atoms with Gasteiger partial charge in [0.05, 0.1) is 18.3 Å². The van der Waals surface area contributed by atoms with Gasteiger partial charge in [-0.2, -0.15) is 13.2 Å². The van der Waals surface area contributed by atoms with Crippen LogP contribution in [0.15, 0.2) is 12.4 Å². The summed E-state index contributed by atoms with van der Waals surface area (Å²) < 4.78 is 47.7. The molecule has 1 saturated carbocycles. The van der Waals surface area contributed by atoms with Gasteiger partial charge in [-0.25, -0.2) is 9.97 Å². The monoisotopic (exact) mass is 274 g/mol. The van der Waals surface area contributed by atoms with Crippen LogP contribution in [0.3, 0.4) is 0 Å². The number of aromatic nitrogens is 2. The molecule has 1 aromatic heterocycles. The first kappa shape index (κ1) is 12.7. The summed E-state index contributed by atoms with van der Waals surface area (Å²) in [4.78, 5) is 7.10. The number of halogens is 3. The van der Waals surface area contributed by atoms with Crippen molar-refractivity contribution in [1.29, 1.82) is 0 Å². The van der Waals surface area contributed by atoms with Crippen LogP contribution in [0.25, 0.3) is 0 Å². The van der Waals surface area contributed by atoms with Crippen molar-refractivity contribution in [3.63, 3.8) is 0 Å². The van der Waals surface area contributed by atoms with Crippen molar-refractivity contribution in [2.75, 3.05) is 13.2 Å². The Morgan fingerprint density at radius 1 is 1.32 bits per heavy atom. The molecule has 2 aliphatic rings. The third-order valence-corrected chi connectivity index (χ3v) is 3.60. The van der Waals surface area contributed by atoms with Crippen molar-refractivity contribution >= 4 is 0 Å². The Morgan fingerprint density at radius 2 is 2.00 bits per heavy atom. The van der Waals surface area contributed by atoms with Crippen LogP contribution in [0.1, 0.15) is 24.8 Å². The highest BCUT2D eigenvalue weighted by Gasteiger charge is 2.49. The maximum absolute atomic E-state index is 12.3. The van der Waals surface area contributed by atoms with Gasteiger partial charge in [0.25, 0.3) is 0 Å². The van der Waals surface area contributed by atoms with Gasteiger partial charge in [-0.15, -0.1) is 0 Å². The molecule has 1 unspecified atom stereocenters. The number of hydrogen-bond acceptors (Lipinski definition) is 4. The van der Waals surface area contributed by atoms with E-state index in [0.29, 0.717) is 5.41 Å². The van der Waals surface area contributed by atoms with E-state index in [4.69, 9.17) is 9.47 Å². The van der Waals surface area contributed by atoms with Gasteiger partial charge in [-0.05, 0) is 24.7 Å². The molecule has 3 rings (SSSR count). The van der Waals surface area contributed by atoms with Crippen LogP contribution in [0.2, 0.25) is 0 Å². The average Bonchev–Trinajstić information content (AvgIpc) is 2.98. The molecule has 2 fully saturated rings. The first-order valence-electron chi connectivity index (χ1n) is 6.11. The summed E-state index contributed by atoms with van der Waals surface area (Å²) in [5, 5.41) is 0. The molecule has 1 aromatic rings. The van der Waals surface area contributed by atoms with Gasteiger partial charge in [0.1, 0.15) is 6.61 Å². The van der Waals surface area contributed by atoms with E-state index in [1.165, 1.54) is 12.8 Å². The van der Waals surface area contributed by atoms with E-state index in [1.54, 1.807) is 0 Å². The molecule has 0 bridgehead atoms. The third-order valence-electron chi connectivity index (χ3n) is 3.60. The first-order valence-corrected chi connectivity index (χ1v) is 6.11. The number of hydrogen-bond donors (Lipinski definition) is 0. The lowest BCUT2D eigenvalue weighted by atomic mass is 10.0. The molecule has 0 radical (unpaired) electrons. The summed E-state index contributed by atoms with van der Waals surface area (Å²) in [7, 11) is 0. The molecular formula is C12H13F3N2O2. The summed E-state index contributed by atoms with van der Waals surface area (Å²) in [5.41, 5.74) is -0.524. The maximum Gasteiger partial charge on any atom is 0.419 e. The molecule has 19 heavy (non-hydrogen) atoms. The topological polar surface area (TPSA) is 44.2 Å². The largest absolute Gasteiger partial charge is 0.461 e. The zero-order chi connectivity index (χ0) is 13.5. The lowest BCUT2D eigenvalue weighted by Gasteiger charge is -2.10. The van der Waals surface area contributed by atoms with Gasteiger partial charge in [-0.1, -0.05) is 0 Å². The second-order valence-corrected chi connectivity index (χ2v) is 5.20. The number of ether oxygens (including phenoxy) is 2. The van der Waals surface area contributed by atoms with Gasteiger partial charge < -0.3 is 9.47 Å². The Kier molecular flexibility index (Phi) is 2.88. The second-order valence-electron chi connectivity index (χ2n) is 5.20. The molecule has 104 valence electrons. The van der Waals surface area contributed by atoms with Crippen molar-refractivity contribution in [3.8, 4) is 6.01 Å². The highest BCUT2D eigenvalue weighted by atomic mass is 19.4. The fourth-order valence-corrected chi connectivity index (χ4v) is 2.23. The molecule has 4 nitrogen and oxygen atoms in total. The van der Waals surface area contributed by atoms with Crippen molar-refractivity contribution in [2.45, 2.75) is 31.5 Å². The third kappa shape index (κ3) is 2.80. The molecular weight excluding hydrogens is 261 g/mol. The Hall–Kier alpha value is -1.37. The summed E-state index contributed by atoms with van der Waals surface area (Å²) in [6, 6.07) is -0.0478. The fourth-order valence-electron chi connectivity index (χ4n) is 2.23. The van der Waals surface area contributed by atoms with Crippen molar-refractivity contribution in [2.24, 2.45) is 5.41 Å². The molecule has 0 N–H and O–H groups in total. The van der Waals surface area contributed by atoms with Gasteiger partial charge in [-0.3, -0.25) is 0 Å². The minimum Gasteiger partial charge on any atom is -0.461 e. The van der Waals surface area contributed by atoms with Crippen LogP contribution in [0.4, 0.5) is 13.2 Å². The predicted octanol–water partition coefficient (Wildman–Crippen LogP) is 2.44. The number of rotatable bonds is 3. The standard InChI is InChI=1S/C12H13F3N2O2/c13-12(14,15)8-4-16-10(17-5-8)18-6-9-3-11(1-2-11)7-19-9/h4-5,9H,1-3,6-7H2. The second kappa shape index (κ2) is 4.33. The average molecular weight is 274 g/mol. The first-order chi connectivity index (χ1) is 8.97. The summed E-state index contributed by atoms with van der Waals surface area (Å²) in [6.07, 6.45) is 0.355. The Morgan fingerprint density at radius 3 is 2.53 bits per heavy atom. The maximum atomic E-state index is 12.3. The van der Waals surface area contributed by atoms with Gasteiger partial charge in [0, 0.05) is 12.4 Å². The van der Waals surface area contributed by atoms with Gasteiger partial charge in [0.15, 0.2) is 0 Å². The zero-order valence-corrected chi connectivity index (χ0v) is 10.1. The minimum absolute atomic E-state index is 0.00612. The quantitative estimate of drug-likeness (QED) is 0.849. The van der Waals surface area contributed by atoms with E-state index >= 15 is 0 Å². The molecule has 2 heterocycles. The molecule has 1 atom stereocenters.